The number of epoxide rings is 1. The van der Waals surface area contributed by atoms with Crippen molar-refractivity contribution in [3.8, 4) is 0 Å². The lowest BCUT2D eigenvalue weighted by molar-refractivity contribution is 0.0857. The molecule has 3 fully saturated rings. The fraction of sp³-hybridized carbons (Fsp3) is 1.00. The minimum absolute atomic E-state index is 0.415. The Morgan fingerprint density at radius 3 is 2.85 bits per heavy atom. The zero-order chi connectivity index (χ0) is 8.67. The van der Waals surface area contributed by atoms with Crippen LogP contribution in [-0.2, 0) is 9.47 Å². The molecule has 0 radical (unpaired) electrons. The molecule has 4 atom stereocenters. The zero-order valence-corrected chi connectivity index (χ0v) is 7.87. The van der Waals surface area contributed by atoms with Crippen LogP contribution in [0.25, 0.3) is 0 Å². The highest BCUT2D eigenvalue weighted by atomic mass is 16.6. The summed E-state index contributed by atoms with van der Waals surface area (Å²) in [4.78, 5) is 0. The van der Waals surface area contributed by atoms with Gasteiger partial charge in [-0.1, -0.05) is 0 Å². The molecule has 0 aromatic heterocycles. The van der Waals surface area contributed by atoms with Crippen LogP contribution in [0.3, 0.4) is 0 Å². The number of piperidine rings is 1. The molecule has 3 nitrogen and oxygen atoms in total. The largest absolute Gasteiger partial charge is 0.377 e. The molecule has 1 N–H and O–H groups in total. The van der Waals surface area contributed by atoms with Crippen LogP contribution in [-0.4, -0.2) is 38.0 Å². The van der Waals surface area contributed by atoms with Crippen LogP contribution in [0.5, 0.6) is 0 Å². The van der Waals surface area contributed by atoms with Crippen molar-refractivity contribution in [2.75, 3.05) is 19.8 Å². The first-order valence-corrected chi connectivity index (χ1v) is 5.37. The SMILES string of the molecule is C1CC2CC1NC2COC[C@H]1CO1. The van der Waals surface area contributed by atoms with Crippen LogP contribution in [0, 0.1) is 5.92 Å². The third-order valence-corrected chi connectivity index (χ3v) is 3.50. The predicted octanol–water partition coefficient (Wildman–Crippen LogP) is 0.542. The highest BCUT2D eigenvalue weighted by Gasteiger charge is 2.39. The van der Waals surface area contributed by atoms with E-state index in [2.05, 4.69) is 5.32 Å². The summed E-state index contributed by atoms with van der Waals surface area (Å²) in [6, 6.07) is 1.44. The van der Waals surface area contributed by atoms with Crippen molar-refractivity contribution < 1.29 is 9.47 Å². The van der Waals surface area contributed by atoms with Crippen LogP contribution >= 0.6 is 0 Å². The highest BCUT2D eigenvalue weighted by Crippen LogP contribution is 2.35. The molecule has 0 aromatic rings. The Labute approximate surface area is 78.8 Å². The van der Waals surface area contributed by atoms with E-state index in [4.69, 9.17) is 9.47 Å². The second kappa shape index (κ2) is 3.23. The van der Waals surface area contributed by atoms with Crippen molar-refractivity contribution in [2.24, 2.45) is 5.92 Å². The fourth-order valence-corrected chi connectivity index (χ4v) is 2.65. The van der Waals surface area contributed by atoms with Crippen molar-refractivity contribution in [1.82, 2.24) is 5.32 Å². The molecule has 1 aliphatic carbocycles. The Bertz CT molecular complexity index is 193. The predicted molar refractivity (Wildman–Crippen MR) is 48.6 cm³/mol. The zero-order valence-electron chi connectivity index (χ0n) is 7.87. The van der Waals surface area contributed by atoms with Gasteiger partial charge in [-0.2, -0.15) is 0 Å². The Morgan fingerprint density at radius 1 is 1.31 bits per heavy atom. The number of hydrogen-bond acceptors (Lipinski definition) is 3. The van der Waals surface area contributed by atoms with Crippen LogP contribution in [0.15, 0.2) is 0 Å². The molecule has 3 rings (SSSR count). The maximum Gasteiger partial charge on any atom is 0.104 e. The summed E-state index contributed by atoms with van der Waals surface area (Å²) in [5.74, 6) is 0.894. The van der Waals surface area contributed by atoms with E-state index in [1.165, 1.54) is 19.3 Å². The van der Waals surface area contributed by atoms with Gasteiger partial charge in [0.25, 0.3) is 0 Å². The van der Waals surface area contributed by atoms with Crippen molar-refractivity contribution >= 4 is 0 Å². The average molecular weight is 183 g/mol. The molecule has 3 aliphatic rings. The minimum Gasteiger partial charge on any atom is -0.377 e. The van der Waals surface area contributed by atoms with Gasteiger partial charge in [0.2, 0.25) is 0 Å². The van der Waals surface area contributed by atoms with Gasteiger partial charge in [-0.3, -0.25) is 0 Å². The summed E-state index contributed by atoms with van der Waals surface area (Å²) in [6.07, 6.45) is 4.59. The number of ether oxygens (including phenoxy) is 2. The van der Waals surface area contributed by atoms with Crippen molar-refractivity contribution in [3.63, 3.8) is 0 Å². The van der Waals surface area contributed by atoms with Gasteiger partial charge in [0.1, 0.15) is 6.10 Å². The minimum atomic E-state index is 0.415. The van der Waals surface area contributed by atoms with Crippen LogP contribution in [0.2, 0.25) is 0 Å². The van der Waals surface area contributed by atoms with Gasteiger partial charge in [0.05, 0.1) is 19.8 Å². The smallest absolute Gasteiger partial charge is 0.104 e. The third-order valence-electron chi connectivity index (χ3n) is 3.50. The summed E-state index contributed by atoms with van der Waals surface area (Å²) < 4.78 is 10.7. The summed E-state index contributed by atoms with van der Waals surface area (Å²) in [5.41, 5.74) is 0. The Morgan fingerprint density at radius 2 is 2.23 bits per heavy atom. The molecule has 2 heterocycles. The van der Waals surface area contributed by atoms with E-state index in [1.54, 1.807) is 0 Å². The highest BCUT2D eigenvalue weighted by molar-refractivity contribution is 4.96. The van der Waals surface area contributed by atoms with Gasteiger partial charge in [0, 0.05) is 12.1 Å². The molecule has 2 saturated heterocycles. The molecule has 2 aliphatic heterocycles. The van der Waals surface area contributed by atoms with Gasteiger partial charge >= 0.3 is 0 Å². The summed E-state index contributed by atoms with van der Waals surface area (Å²) in [7, 11) is 0. The lowest BCUT2D eigenvalue weighted by atomic mass is 10.0. The van der Waals surface area contributed by atoms with Gasteiger partial charge in [0.15, 0.2) is 0 Å². The number of rotatable bonds is 4. The molecular formula is C10H17NO2. The standard InChI is InChI=1S/C10H17NO2/c1-2-8-3-7(1)10(11-8)6-12-4-9-5-13-9/h7-11H,1-6H2/t7?,8?,9-,10?/m0/s1. The molecule has 13 heavy (non-hydrogen) atoms. The summed E-state index contributed by atoms with van der Waals surface area (Å²) in [5, 5.41) is 3.62. The number of fused-ring (bicyclic) bond motifs is 2. The van der Waals surface area contributed by atoms with E-state index in [0.717, 1.165) is 31.8 Å². The van der Waals surface area contributed by atoms with Crippen LogP contribution < -0.4 is 5.32 Å². The first-order chi connectivity index (χ1) is 6.42. The molecule has 3 unspecified atom stereocenters. The van der Waals surface area contributed by atoms with Gasteiger partial charge in [-0.25, -0.2) is 0 Å². The van der Waals surface area contributed by atoms with Crippen LogP contribution in [0.4, 0.5) is 0 Å². The van der Waals surface area contributed by atoms with Gasteiger partial charge in [-0.15, -0.1) is 0 Å². The van der Waals surface area contributed by atoms with E-state index in [0.29, 0.717) is 12.1 Å². The van der Waals surface area contributed by atoms with Crippen LogP contribution in [0.1, 0.15) is 19.3 Å². The topological polar surface area (TPSA) is 33.8 Å². The molecule has 1 saturated carbocycles. The molecule has 74 valence electrons. The monoisotopic (exact) mass is 183 g/mol. The van der Waals surface area contributed by atoms with E-state index in [-0.39, 0.29) is 0 Å². The summed E-state index contributed by atoms with van der Waals surface area (Å²) >= 11 is 0. The van der Waals surface area contributed by atoms with Crippen molar-refractivity contribution in [2.45, 2.75) is 37.5 Å². The fourth-order valence-electron chi connectivity index (χ4n) is 2.65. The number of nitrogens with one attached hydrogen (secondary N) is 1. The Kier molecular flexibility index (Phi) is 2.04. The maximum absolute atomic E-state index is 5.61. The third kappa shape index (κ3) is 1.73. The molecule has 2 bridgehead atoms. The average Bonchev–Trinajstić information content (AvgIpc) is 2.74. The van der Waals surface area contributed by atoms with E-state index < -0.39 is 0 Å². The summed E-state index contributed by atoms with van der Waals surface area (Å²) in [6.45, 7) is 2.60. The van der Waals surface area contributed by atoms with Crippen molar-refractivity contribution in [1.29, 1.82) is 0 Å². The maximum atomic E-state index is 5.61. The quantitative estimate of drug-likeness (QED) is 0.646. The lowest BCUT2D eigenvalue weighted by Gasteiger charge is -2.22. The first kappa shape index (κ1) is 8.21. The first-order valence-electron chi connectivity index (χ1n) is 5.37. The van der Waals surface area contributed by atoms with Gasteiger partial charge < -0.3 is 14.8 Å². The second-order valence-corrected chi connectivity index (χ2v) is 4.54. The van der Waals surface area contributed by atoms with Crippen molar-refractivity contribution in [3.05, 3.63) is 0 Å². The number of hydrogen-bond donors (Lipinski definition) is 1. The second-order valence-electron chi connectivity index (χ2n) is 4.54. The Balaban J connectivity index is 1.40. The molecule has 0 amide bonds. The normalized spacial score (nSPS) is 47.1. The lowest BCUT2D eigenvalue weighted by Crippen LogP contribution is -2.39. The molecule has 3 heteroatoms. The van der Waals surface area contributed by atoms with E-state index in [9.17, 15) is 0 Å². The van der Waals surface area contributed by atoms with E-state index >= 15 is 0 Å². The van der Waals surface area contributed by atoms with E-state index in [1.807, 2.05) is 0 Å². The molecule has 0 aromatic carbocycles. The molecular weight excluding hydrogens is 166 g/mol. The van der Waals surface area contributed by atoms with Gasteiger partial charge in [-0.05, 0) is 25.2 Å². The molecule has 0 spiro atoms. The Hall–Kier alpha value is -0.120.